The highest BCUT2D eigenvalue weighted by Gasteiger charge is 2.33. The molecule has 212 valence electrons. The number of hydrogen-bond acceptors (Lipinski definition) is 4. The molecule has 5 rings (SSSR count). The van der Waals surface area contributed by atoms with E-state index in [4.69, 9.17) is 9.47 Å². The molecule has 0 N–H and O–H groups in total. The molecule has 3 aromatic rings. The van der Waals surface area contributed by atoms with Crippen LogP contribution < -0.4 is 9.64 Å². The van der Waals surface area contributed by atoms with Gasteiger partial charge in [-0.1, -0.05) is 48.5 Å². The summed E-state index contributed by atoms with van der Waals surface area (Å²) >= 11 is 0. The summed E-state index contributed by atoms with van der Waals surface area (Å²) in [6.45, 7) is 15.0. The number of hydrogen-bond donors (Lipinski definition) is 0. The molecular weight excluding hydrogens is 496 g/mol. The van der Waals surface area contributed by atoms with Crippen LogP contribution in [0.15, 0.2) is 72.8 Å². The van der Waals surface area contributed by atoms with Gasteiger partial charge in [-0.2, -0.15) is 0 Å². The number of carbonyl (C=O) groups excluding carboxylic acids is 1. The molecule has 0 saturated carbocycles. The average molecular weight is 541 g/mol. The van der Waals surface area contributed by atoms with Crippen molar-refractivity contribution < 1.29 is 14.3 Å². The summed E-state index contributed by atoms with van der Waals surface area (Å²) in [4.78, 5) is 16.7. The monoisotopic (exact) mass is 540 g/mol. The van der Waals surface area contributed by atoms with E-state index in [9.17, 15) is 4.79 Å². The average Bonchev–Trinajstić information content (AvgIpc) is 2.91. The standard InChI is InChI=1S/C35H44N2O3/c1-34(2,3)39-29-17-19-31-27(24-29)14-18-30(25-10-8-7-9-11-25)32(31)26-12-15-28(16-13-26)36-20-22-37(23-21-36)33(38)40-35(4,5)6/h7-13,15-17,19,24,30,32H,14,18,20-23H2,1-6H3/t30-,32+/m1/s1. The molecule has 3 aromatic carbocycles. The van der Waals surface area contributed by atoms with Gasteiger partial charge in [0.15, 0.2) is 0 Å². The first-order valence-electron chi connectivity index (χ1n) is 14.7. The molecule has 1 heterocycles. The Hall–Kier alpha value is -3.47. The minimum absolute atomic E-state index is 0.219. The predicted octanol–water partition coefficient (Wildman–Crippen LogP) is 7.78. The van der Waals surface area contributed by atoms with Crippen LogP contribution in [0.2, 0.25) is 0 Å². The van der Waals surface area contributed by atoms with Gasteiger partial charge in [-0.25, -0.2) is 4.79 Å². The van der Waals surface area contributed by atoms with Crippen LogP contribution >= 0.6 is 0 Å². The van der Waals surface area contributed by atoms with E-state index in [2.05, 4.69) is 98.5 Å². The minimum Gasteiger partial charge on any atom is -0.488 e. The third-order valence-corrected chi connectivity index (χ3v) is 7.78. The lowest BCUT2D eigenvalue weighted by molar-refractivity contribution is 0.0240. The molecular formula is C35H44N2O3. The van der Waals surface area contributed by atoms with E-state index in [0.29, 0.717) is 19.0 Å². The highest BCUT2D eigenvalue weighted by molar-refractivity contribution is 5.68. The predicted molar refractivity (Wildman–Crippen MR) is 163 cm³/mol. The van der Waals surface area contributed by atoms with E-state index in [-0.39, 0.29) is 17.6 Å². The van der Waals surface area contributed by atoms with Gasteiger partial charge < -0.3 is 19.3 Å². The van der Waals surface area contributed by atoms with Crippen LogP contribution in [0.4, 0.5) is 10.5 Å². The van der Waals surface area contributed by atoms with Gasteiger partial charge in [0.1, 0.15) is 17.0 Å². The molecule has 5 nitrogen and oxygen atoms in total. The summed E-state index contributed by atoms with van der Waals surface area (Å²) in [6.07, 6.45) is 1.93. The molecule has 1 saturated heterocycles. The van der Waals surface area contributed by atoms with Gasteiger partial charge in [0.2, 0.25) is 0 Å². The van der Waals surface area contributed by atoms with Crippen molar-refractivity contribution in [2.24, 2.45) is 0 Å². The molecule has 0 radical (unpaired) electrons. The van der Waals surface area contributed by atoms with Gasteiger partial charge in [0, 0.05) is 37.8 Å². The zero-order chi connectivity index (χ0) is 28.5. The SMILES string of the molecule is CC(C)(C)OC(=O)N1CCN(c2ccc([C@@H]3c4ccc(OC(C)(C)C)cc4CC[C@@H]3c3ccccc3)cc2)CC1. The fourth-order valence-electron chi connectivity index (χ4n) is 6.05. The van der Waals surface area contributed by atoms with Crippen LogP contribution in [0.3, 0.4) is 0 Å². The first kappa shape index (κ1) is 28.1. The molecule has 0 spiro atoms. The van der Waals surface area contributed by atoms with Crippen molar-refractivity contribution >= 4 is 11.8 Å². The number of benzene rings is 3. The van der Waals surface area contributed by atoms with Crippen molar-refractivity contribution in [3.05, 3.63) is 95.1 Å². The van der Waals surface area contributed by atoms with Crippen LogP contribution in [0.1, 0.15) is 82.1 Å². The number of amides is 1. The maximum Gasteiger partial charge on any atom is 0.410 e. The van der Waals surface area contributed by atoms with Crippen molar-refractivity contribution in [1.82, 2.24) is 4.90 Å². The van der Waals surface area contributed by atoms with Crippen LogP contribution in [0, 0.1) is 0 Å². The van der Waals surface area contributed by atoms with Crippen LogP contribution in [-0.4, -0.2) is 48.4 Å². The highest BCUT2D eigenvalue weighted by Crippen LogP contribution is 2.47. The summed E-state index contributed by atoms with van der Waals surface area (Å²) in [5.41, 5.74) is 6.05. The van der Waals surface area contributed by atoms with Gasteiger partial charge in [-0.15, -0.1) is 0 Å². The molecule has 2 aliphatic rings. The Labute approximate surface area is 240 Å². The Morgan fingerprint density at radius 1 is 0.775 bits per heavy atom. The molecule has 1 fully saturated rings. The number of fused-ring (bicyclic) bond motifs is 1. The van der Waals surface area contributed by atoms with Crippen LogP contribution in [0.25, 0.3) is 0 Å². The van der Waals surface area contributed by atoms with Crippen molar-refractivity contribution in [3.63, 3.8) is 0 Å². The van der Waals surface area contributed by atoms with E-state index in [1.54, 1.807) is 0 Å². The highest BCUT2D eigenvalue weighted by atomic mass is 16.6. The Morgan fingerprint density at radius 3 is 2.08 bits per heavy atom. The molecule has 5 heteroatoms. The minimum atomic E-state index is -0.472. The van der Waals surface area contributed by atoms with E-state index >= 15 is 0 Å². The van der Waals surface area contributed by atoms with Crippen LogP contribution in [0.5, 0.6) is 5.75 Å². The smallest absolute Gasteiger partial charge is 0.410 e. The van der Waals surface area contributed by atoms with E-state index in [1.165, 1.54) is 27.9 Å². The number of aryl methyl sites for hydroxylation is 1. The quantitative estimate of drug-likeness (QED) is 0.339. The Balaban J connectivity index is 1.37. The van der Waals surface area contributed by atoms with E-state index < -0.39 is 5.60 Å². The number of carbonyl (C=O) groups is 1. The molecule has 0 aromatic heterocycles. The van der Waals surface area contributed by atoms with Gasteiger partial charge in [-0.3, -0.25) is 0 Å². The fourth-order valence-corrected chi connectivity index (χ4v) is 6.05. The summed E-state index contributed by atoms with van der Waals surface area (Å²) in [5.74, 6) is 1.66. The van der Waals surface area contributed by atoms with Gasteiger partial charge in [0.05, 0.1) is 0 Å². The second-order valence-corrected chi connectivity index (χ2v) is 13.2. The van der Waals surface area contributed by atoms with E-state index in [1.807, 2.05) is 25.7 Å². The zero-order valence-corrected chi connectivity index (χ0v) is 24.9. The maximum absolute atomic E-state index is 12.5. The maximum atomic E-state index is 12.5. The first-order valence-corrected chi connectivity index (χ1v) is 14.7. The first-order chi connectivity index (χ1) is 19.0. The lowest BCUT2D eigenvalue weighted by atomic mass is 9.69. The molecule has 1 aliphatic carbocycles. The van der Waals surface area contributed by atoms with Crippen molar-refractivity contribution in [2.75, 3.05) is 31.1 Å². The summed E-state index contributed by atoms with van der Waals surface area (Å²) in [7, 11) is 0. The van der Waals surface area contributed by atoms with Gasteiger partial charge >= 0.3 is 6.09 Å². The third-order valence-electron chi connectivity index (χ3n) is 7.78. The summed E-state index contributed by atoms with van der Waals surface area (Å²) < 4.78 is 11.8. The number of ether oxygens (including phenoxy) is 2. The number of nitrogens with zero attached hydrogens (tertiary/aromatic N) is 2. The second-order valence-electron chi connectivity index (χ2n) is 13.2. The molecule has 1 amide bonds. The second kappa shape index (κ2) is 11.2. The largest absolute Gasteiger partial charge is 0.488 e. The Morgan fingerprint density at radius 2 is 1.45 bits per heavy atom. The molecule has 0 bridgehead atoms. The number of anilines is 1. The third kappa shape index (κ3) is 6.63. The van der Waals surface area contributed by atoms with Gasteiger partial charge in [0.25, 0.3) is 0 Å². The fraction of sp³-hybridized carbons (Fsp3) is 0.457. The van der Waals surface area contributed by atoms with Gasteiger partial charge in [-0.05, 0) is 107 Å². The lowest BCUT2D eigenvalue weighted by Crippen LogP contribution is -2.50. The van der Waals surface area contributed by atoms with E-state index in [0.717, 1.165) is 31.7 Å². The molecule has 40 heavy (non-hydrogen) atoms. The normalized spacial score (nSPS) is 19.6. The zero-order valence-electron chi connectivity index (χ0n) is 24.9. The Kier molecular flexibility index (Phi) is 7.85. The summed E-state index contributed by atoms with van der Waals surface area (Å²) in [5, 5.41) is 0. The lowest BCUT2D eigenvalue weighted by Gasteiger charge is -2.37. The molecule has 1 aliphatic heterocycles. The summed E-state index contributed by atoms with van der Waals surface area (Å²) in [6, 6.07) is 26.8. The van der Waals surface area contributed by atoms with Crippen molar-refractivity contribution in [2.45, 2.75) is 77.4 Å². The number of piperazine rings is 1. The van der Waals surface area contributed by atoms with Crippen molar-refractivity contribution in [1.29, 1.82) is 0 Å². The molecule has 2 atom stereocenters. The topological polar surface area (TPSA) is 42.0 Å². The number of rotatable bonds is 4. The Bertz CT molecular complexity index is 1300. The van der Waals surface area contributed by atoms with Crippen LogP contribution in [-0.2, 0) is 11.2 Å². The van der Waals surface area contributed by atoms with Crippen molar-refractivity contribution in [3.8, 4) is 5.75 Å². The molecule has 0 unspecified atom stereocenters.